The molecule has 0 spiro atoms. The first-order valence-electron chi connectivity index (χ1n) is 5.28. The molecule has 5 heteroatoms. The molecule has 0 amide bonds. The molecule has 0 aliphatic rings. The van der Waals surface area contributed by atoms with Crippen LogP contribution in [0.4, 0.5) is 0 Å². The molecule has 0 saturated heterocycles. The maximum atomic E-state index is 6.00. The maximum Gasteiger partial charge on any atom is 0.225 e. The Labute approximate surface area is 95.6 Å². The summed E-state index contributed by atoms with van der Waals surface area (Å²) in [4.78, 5) is 0. The van der Waals surface area contributed by atoms with Crippen molar-refractivity contribution in [3.05, 3.63) is 11.1 Å². The van der Waals surface area contributed by atoms with E-state index in [0.717, 1.165) is 31.7 Å². The Hall–Kier alpha value is -0.610. The molecule has 0 N–H and O–H groups in total. The highest BCUT2D eigenvalue weighted by atomic mass is 35.5. The van der Waals surface area contributed by atoms with Gasteiger partial charge in [0, 0.05) is 26.2 Å². The van der Waals surface area contributed by atoms with E-state index in [1.807, 2.05) is 4.57 Å². The van der Waals surface area contributed by atoms with Gasteiger partial charge in [-0.2, -0.15) is 0 Å². The van der Waals surface area contributed by atoms with Gasteiger partial charge < -0.3 is 4.74 Å². The predicted molar refractivity (Wildman–Crippen MR) is 60.2 cm³/mol. The van der Waals surface area contributed by atoms with Crippen molar-refractivity contribution in [3.8, 4) is 0 Å². The number of methoxy groups -OCH3 is 1. The Morgan fingerprint density at radius 3 is 2.80 bits per heavy atom. The molecule has 0 aliphatic carbocycles. The minimum absolute atomic E-state index is 0.286. The number of nitrogens with zero attached hydrogens (tertiary/aromatic N) is 3. The predicted octanol–water partition coefficient (Wildman–Crippen LogP) is 2.48. The fourth-order valence-corrected chi connectivity index (χ4v) is 1.85. The normalized spacial score (nSPS) is 13.1. The molecule has 1 aromatic heterocycles. The van der Waals surface area contributed by atoms with Gasteiger partial charge in [-0.1, -0.05) is 6.92 Å². The van der Waals surface area contributed by atoms with Crippen LogP contribution in [0.5, 0.6) is 0 Å². The molecule has 4 nitrogen and oxygen atoms in total. The number of hydrogen-bond acceptors (Lipinski definition) is 3. The zero-order valence-corrected chi connectivity index (χ0v) is 10.3. The number of rotatable bonds is 6. The summed E-state index contributed by atoms with van der Waals surface area (Å²) in [5.74, 6) is 0.964. The van der Waals surface area contributed by atoms with Crippen molar-refractivity contribution in [2.45, 2.75) is 39.2 Å². The first-order valence-corrected chi connectivity index (χ1v) is 5.66. The minimum atomic E-state index is 0.286. The third kappa shape index (κ3) is 3.18. The topological polar surface area (TPSA) is 39.9 Å². The molecule has 86 valence electrons. The SMILES string of the molecule is CCCc1nnc(Cl)n1C(C)CCOC. The largest absolute Gasteiger partial charge is 0.385 e. The van der Waals surface area contributed by atoms with E-state index in [1.54, 1.807) is 7.11 Å². The van der Waals surface area contributed by atoms with Gasteiger partial charge in [-0.3, -0.25) is 4.57 Å². The molecule has 1 heterocycles. The van der Waals surface area contributed by atoms with E-state index in [0.29, 0.717) is 5.28 Å². The highest BCUT2D eigenvalue weighted by Crippen LogP contribution is 2.19. The van der Waals surface area contributed by atoms with E-state index >= 15 is 0 Å². The van der Waals surface area contributed by atoms with Gasteiger partial charge in [0.2, 0.25) is 5.28 Å². The van der Waals surface area contributed by atoms with Crippen molar-refractivity contribution < 1.29 is 4.74 Å². The first-order chi connectivity index (χ1) is 7.20. The second kappa shape index (κ2) is 6.08. The van der Waals surface area contributed by atoms with E-state index in [2.05, 4.69) is 24.0 Å². The van der Waals surface area contributed by atoms with Crippen LogP contribution in [0.2, 0.25) is 5.28 Å². The van der Waals surface area contributed by atoms with Gasteiger partial charge in [0.1, 0.15) is 5.82 Å². The molecular weight excluding hydrogens is 214 g/mol. The van der Waals surface area contributed by atoms with Crippen molar-refractivity contribution >= 4 is 11.6 Å². The molecule has 0 fully saturated rings. The van der Waals surface area contributed by atoms with Crippen LogP contribution < -0.4 is 0 Å². The van der Waals surface area contributed by atoms with Gasteiger partial charge in [0.15, 0.2) is 0 Å². The summed E-state index contributed by atoms with van der Waals surface area (Å²) in [6.45, 7) is 4.95. The minimum Gasteiger partial charge on any atom is -0.385 e. The highest BCUT2D eigenvalue weighted by molar-refractivity contribution is 6.28. The van der Waals surface area contributed by atoms with Crippen LogP contribution in [0, 0.1) is 0 Å². The average molecular weight is 232 g/mol. The lowest BCUT2D eigenvalue weighted by atomic mass is 10.2. The molecular formula is C10H18ClN3O. The average Bonchev–Trinajstić information content (AvgIpc) is 2.57. The number of aromatic nitrogens is 3. The van der Waals surface area contributed by atoms with E-state index in [-0.39, 0.29) is 6.04 Å². The second-order valence-corrected chi connectivity index (χ2v) is 3.97. The smallest absolute Gasteiger partial charge is 0.225 e. The van der Waals surface area contributed by atoms with E-state index in [9.17, 15) is 0 Å². The molecule has 0 radical (unpaired) electrons. The highest BCUT2D eigenvalue weighted by Gasteiger charge is 2.14. The van der Waals surface area contributed by atoms with Crippen LogP contribution in [0.3, 0.4) is 0 Å². The molecule has 1 atom stereocenters. The molecule has 1 unspecified atom stereocenters. The van der Waals surface area contributed by atoms with Crippen LogP contribution in [0.25, 0.3) is 0 Å². The van der Waals surface area contributed by atoms with E-state index in [4.69, 9.17) is 16.3 Å². The van der Waals surface area contributed by atoms with E-state index in [1.165, 1.54) is 0 Å². The Bertz CT molecular complexity index is 301. The Kier molecular flexibility index (Phi) is 5.05. The molecule has 15 heavy (non-hydrogen) atoms. The van der Waals surface area contributed by atoms with Crippen LogP contribution in [0.1, 0.15) is 38.6 Å². The fourth-order valence-electron chi connectivity index (χ4n) is 1.55. The van der Waals surface area contributed by atoms with Gasteiger partial charge in [-0.15, -0.1) is 10.2 Å². The van der Waals surface area contributed by atoms with Crippen LogP contribution in [-0.4, -0.2) is 28.5 Å². The molecule has 1 rings (SSSR count). The van der Waals surface area contributed by atoms with E-state index < -0.39 is 0 Å². The number of ether oxygens (including phenoxy) is 1. The molecule has 1 aromatic rings. The lowest BCUT2D eigenvalue weighted by Crippen LogP contribution is -2.11. The number of halogens is 1. The third-order valence-electron chi connectivity index (χ3n) is 2.38. The van der Waals surface area contributed by atoms with Crippen molar-refractivity contribution in [2.75, 3.05) is 13.7 Å². The van der Waals surface area contributed by atoms with Crippen LogP contribution >= 0.6 is 11.6 Å². The van der Waals surface area contributed by atoms with Crippen molar-refractivity contribution in [1.29, 1.82) is 0 Å². The molecule has 0 aromatic carbocycles. The molecule has 0 aliphatic heterocycles. The van der Waals surface area contributed by atoms with Crippen molar-refractivity contribution in [1.82, 2.24) is 14.8 Å². The molecule has 0 bridgehead atoms. The lowest BCUT2D eigenvalue weighted by molar-refractivity contribution is 0.180. The van der Waals surface area contributed by atoms with Gasteiger partial charge in [-0.25, -0.2) is 0 Å². The Morgan fingerprint density at radius 1 is 1.47 bits per heavy atom. The summed E-state index contributed by atoms with van der Waals surface area (Å²) in [7, 11) is 1.70. The van der Waals surface area contributed by atoms with Crippen molar-refractivity contribution in [3.63, 3.8) is 0 Å². The van der Waals surface area contributed by atoms with Crippen molar-refractivity contribution in [2.24, 2.45) is 0 Å². The fraction of sp³-hybridized carbons (Fsp3) is 0.800. The van der Waals surface area contributed by atoms with Gasteiger partial charge in [0.05, 0.1) is 0 Å². The third-order valence-corrected chi connectivity index (χ3v) is 2.64. The Morgan fingerprint density at radius 2 is 2.20 bits per heavy atom. The zero-order valence-electron chi connectivity index (χ0n) is 9.53. The monoisotopic (exact) mass is 231 g/mol. The zero-order chi connectivity index (χ0) is 11.3. The van der Waals surface area contributed by atoms with Crippen LogP contribution in [0.15, 0.2) is 0 Å². The summed E-state index contributed by atoms with van der Waals surface area (Å²) in [5, 5.41) is 8.45. The second-order valence-electron chi connectivity index (χ2n) is 3.64. The van der Waals surface area contributed by atoms with Gasteiger partial charge >= 0.3 is 0 Å². The summed E-state index contributed by atoms with van der Waals surface area (Å²) < 4.78 is 7.04. The maximum absolute atomic E-state index is 6.00. The first kappa shape index (κ1) is 12.5. The number of aryl methyl sites for hydroxylation is 1. The Balaban J connectivity index is 2.75. The summed E-state index contributed by atoms with van der Waals surface area (Å²) >= 11 is 6.00. The van der Waals surface area contributed by atoms with Gasteiger partial charge in [-0.05, 0) is 31.4 Å². The summed E-state index contributed by atoms with van der Waals surface area (Å²) in [5.41, 5.74) is 0. The van der Waals surface area contributed by atoms with Crippen LogP contribution in [-0.2, 0) is 11.2 Å². The summed E-state index contributed by atoms with van der Waals surface area (Å²) in [6, 6.07) is 0.286. The van der Waals surface area contributed by atoms with Gasteiger partial charge in [0.25, 0.3) is 0 Å². The quantitative estimate of drug-likeness (QED) is 0.755. The molecule has 0 saturated carbocycles. The standard InChI is InChI=1S/C10H18ClN3O/c1-4-5-9-12-13-10(11)14(9)8(2)6-7-15-3/h8H,4-7H2,1-3H3. The number of hydrogen-bond donors (Lipinski definition) is 0. The summed E-state index contributed by atoms with van der Waals surface area (Å²) in [6.07, 6.45) is 2.88. The lowest BCUT2D eigenvalue weighted by Gasteiger charge is -2.15.